The van der Waals surface area contributed by atoms with E-state index < -0.39 is 0 Å². The second-order valence-corrected chi connectivity index (χ2v) is 6.66. The van der Waals surface area contributed by atoms with Crippen LogP contribution in [-0.2, 0) is 10.1 Å². The summed E-state index contributed by atoms with van der Waals surface area (Å²) in [5.74, 6) is 1.07. The number of anilines is 1. The van der Waals surface area contributed by atoms with Crippen molar-refractivity contribution < 1.29 is 4.74 Å². The minimum atomic E-state index is -0.150. The molecule has 2 heterocycles. The Bertz CT molecular complexity index is 416. The number of alkyl halides is 1. The molecule has 2 rings (SSSR count). The molecule has 100 valence electrons. The fraction of sp³-hybridized carbons (Fsp3) is 0.643. The largest absolute Gasteiger partial charge is 0.366 e. The molecule has 1 aromatic rings. The lowest BCUT2D eigenvalue weighted by molar-refractivity contribution is -0.133. The van der Waals surface area contributed by atoms with Crippen LogP contribution in [0.2, 0.25) is 0 Å². The first kappa shape index (κ1) is 13.8. The van der Waals surface area contributed by atoms with Crippen molar-refractivity contribution in [1.29, 1.82) is 0 Å². The highest BCUT2D eigenvalue weighted by Crippen LogP contribution is 2.32. The number of hydrogen-bond acceptors (Lipinski definition) is 3. The van der Waals surface area contributed by atoms with Crippen LogP contribution in [0.3, 0.4) is 0 Å². The Morgan fingerprint density at radius 1 is 1.28 bits per heavy atom. The van der Waals surface area contributed by atoms with Gasteiger partial charge in [0.05, 0.1) is 11.2 Å². The van der Waals surface area contributed by atoms with Gasteiger partial charge in [0.2, 0.25) is 0 Å². The first-order valence-electron chi connectivity index (χ1n) is 6.28. The Labute approximate surface area is 118 Å². The molecule has 1 aliphatic rings. The summed E-state index contributed by atoms with van der Waals surface area (Å²) in [6, 6.07) is 4.10. The number of halogens is 1. The number of aromatic nitrogens is 1. The quantitative estimate of drug-likeness (QED) is 0.783. The number of ether oxygens (including phenoxy) is 1. The van der Waals surface area contributed by atoms with E-state index in [0.717, 1.165) is 24.2 Å². The van der Waals surface area contributed by atoms with E-state index in [-0.39, 0.29) is 11.2 Å². The van der Waals surface area contributed by atoms with Crippen LogP contribution in [0.5, 0.6) is 0 Å². The fourth-order valence-electron chi connectivity index (χ4n) is 2.76. The van der Waals surface area contributed by atoms with Crippen LogP contribution in [0.1, 0.15) is 33.3 Å². The first-order valence-corrected chi connectivity index (χ1v) is 7.40. The average Bonchev–Trinajstić information content (AvgIpc) is 2.24. The molecule has 1 aliphatic heterocycles. The van der Waals surface area contributed by atoms with E-state index in [1.165, 1.54) is 5.56 Å². The van der Waals surface area contributed by atoms with Crippen LogP contribution in [0.4, 0.5) is 5.82 Å². The Kier molecular flexibility index (Phi) is 3.70. The topological polar surface area (TPSA) is 25.4 Å². The number of morpholine rings is 1. The van der Waals surface area contributed by atoms with Crippen molar-refractivity contribution in [2.45, 2.75) is 44.2 Å². The summed E-state index contributed by atoms with van der Waals surface area (Å²) >= 11 is 3.53. The molecule has 18 heavy (non-hydrogen) atoms. The van der Waals surface area contributed by atoms with Crippen LogP contribution in [0.15, 0.2) is 18.3 Å². The highest BCUT2D eigenvalue weighted by atomic mass is 79.9. The van der Waals surface area contributed by atoms with Gasteiger partial charge >= 0.3 is 0 Å². The van der Waals surface area contributed by atoms with Gasteiger partial charge in [-0.25, -0.2) is 4.98 Å². The van der Waals surface area contributed by atoms with Gasteiger partial charge in [0, 0.05) is 30.2 Å². The monoisotopic (exact) mass is 312 g/mol. The molecule has 0 atom stereocenters. The summed E-state index contributed by atoms with van der Waals surface area (Å²) in [6.45, 7) is 10.3. The molecule has 3 nitrogen and oxygen atoms in total. The normalized spacial score (nSPS) is 21.9. The Balaban J connectivity index is 2.32. The second kappa shape index (κ2) is 4.82. The molecule has 0 spiro atoms. The molecule has 0 saturated carbocycles. The lowest BCUT2D eigenvalue weighted by Gasteiger charge is -2.47. The third-order valence-corrected chi connectivity index (χ3v) is 3.61. The second-order valence-electron chi connectivity index (χ2n) is 6.10. The molecule has 4 heteroatoms. The van der Waals surface area contributed by atoms with E-state index in [0.29, 0.717) is 0 Å². The van der Waals surface area contributed by atoms with Crippen LogP contribution in [0, 0.1) is 0 Å². The number of rotatable bonds is 2. The summed E-state index contributed by atoms with van der Waals surface area (Å²) in [4.78, 5) is 6.88. The van der Waals surface area contributed by atoms with Crippen molar-refractivity contribution in [1.82, 2.24) is 4.98 Å². The first-order chi connectivity index (χ1) is 8.33. The lowest BCUT2D eigenvalue weighted by Crippen LogP contribution is -2.57. The molecule has 0 bridgehead atoms. The van der Waals surface area contributed by atoms with Crippen molar-refractivity contribution >= 4 is 21.7 Å². The lowest BCUT2D eigenvalue weighted by atomic mass is 9.98. The molecular formula is C14H21BrN2O. The minimum Gasteiger partial charge on any atom is -0.366 e. The Hall–Kier alpha value is -0.610. The van der Waals surface area contributed by atoms with E-state index in [1.54, 1.807) is 0 Å². The fourth-order valence-corrected chi connectivity index (χ4v) is 3.19. The van der Waals surface area contributed by atoms with Crippen LogP contribution >= 0.6 is 15.9 Å². The van der Waals surface area contributed by atoms with Gasteiger partial charge in [0.1, 0.15) is 5.82 Å². The van der Waals surface area contributed by atoms with Gasteiger partial charge in [-0.05, 0) is 33.8 Å². The van der Waals surface area contributed by atoms with E-state index in [9.17, 15) is 0 Å². The van der Waals surface area contributed by atoms with E-state index in [1.807, 2.05) is 12.3 Å². The van der Waals surface area contributed by atoms with Crippen LogP contribution < -0.4 is 4.90 Å². The molecule has 1 saturated heterocycles. The number of pyridine rings is 1. The molecule has 0 unspecified atom stereocenters. The van der Waals surface area contributed by atoms with E-state index in [2.05, 4.69) is 59.6 Å². The van der Waals surface area contributed by atoms with Crippen molar-refractivity contribution in [3.05, 3.63) is 23.9 Å². The maximum absolute atomic E-state index is 6.11. The predicted molar refractivity (Wildman–Crippen MR) is 78.3 cm³/mol. The van der Waals surface area contributed by atoms with Crippen molar-refractivity contribution in [3.63, 3.8) is 0 Å². The molecule has 1 aromatic heterocycles. The molecule has 0 aliphatic carbocycles. The number of nitrogens with zero attached hydrogens (tertiary/aromatic N) is 2. The van der Waals surface area contributed by atoms with Crippen molar-refractivity contribution in [2.24, 2.45) is 0 Å². The molecule has 1 fully saturated rings. The van der Waals surface area contributed by atoms with Gasteiger partial charge in [-0.3, -0.25) is 0 Å². The highest BCUT2D eigenvalue weighted by Gasteiger charge is 2.38. The molecule has 0 N–H and O–H groups in total. The molecular weight excluding hydrogens is 292 g/mol. The summed E-state index contributed by atoms with van der Waals surface area (Å²) in [5, 5.41) is 0.828. The zero-order valence-electron chi connectivity index (χ0n) is 11.5. The summed E-state index contributed by atoms with van der Waals surface area (Å²) in [7, 11) is 0. The summed E-state index contributed by atoms with van der Waals surface area (Å²) in [5.41, 5.74) is 0.928. The van der Waals surface area contributed by atoms with E-state index in [4.69, 9.17) is 4.74 Å². The van der Waals surface area contributed by atoms with Gasteiger partial charge < -0.3 is 9.64 Å². The third kappa shape index (κ3) is 3.04. The third-order valence-electron chi connectivity index (χ3n) is 3.01. The SMILES string of the molecule is CC1(C)CN(c2ncccc2CBr)CC(C)(C)O1. The summed E-state index contributed by atoms with van der Waals surface area (Å²) in [6.07, 6.45) is 1.86. The zero-order chi connectivity index (χ0) is 13.4. The van der Waals surface area contributed by atoms with Gasteiger partial charge in [-0.15, -0.1) is 0 Å². The van der Waals surface area contributed by atoms with Crippen molar-refractivity contribution in [3.8, 4) is 0 Å². The van der Waals surface area contributed by atoms with Gasteiger partial charge in [0.25, 0.3) is 0 Å². The average molecular weight is 313 g/mol. The number of hydrogen-bond donors (Lipinski definition) is 0. The Morgan fingerprint density at radius 3 is 2.44 bits per heavy atom. The van der Waals surface area contributed by atoms with Crippen LogP contribution in [-0.4, -0.2) is 29.3 Å². The molecule has 0 amide bonds. The maximum atomic E-state index is 6.11. The predicted octanol–water partition coefficient (Wildman–Crippen LogP) is 3.37. The maximum Gasteiger partial charge on any atom is 0.132 e. The zero-order valence-corrected chi connectivity index (χ0v) is 13.1. The van der Waals surface area contributed by atoms with Crippen LogP contribution in [0.25, 0.3) is 0 Å². The smallest absolute Gasteiger partial charge is 0.132 e. The van der Waals surface area contributed by atoms with Crippen molar-refractivity contribution in [2.75, 3.05) is 18.0 Å². The molecule has 0 radical (unpaired) electrons. The minimum absolute atomic E-state index is 0.150. The standard InChI is InChI=1S/C14H21BrN2O/c1-13(2)9-17(10-14(3,4)18-13)12-11(8-15)6-5-7-16-12/h5-7H,8-10H2,1-4H3. The highest BCUT2D eigenvalue weighted by molar-refractivity contribution is 9.08. The molecule has 0 aromatic carbocycles. The summed E-state index contributed by atoms with van der Waals surface area (Å²) < 4.78 is 6.11. The van der Waals surface area contributed by atoms with Gasteiger partial charge in [-0.2, -0.15) is 0 Å². The Morgan fingerprint density at radius 2 is 1.89 bits per heavy atom. The van der Waals surface area contributed by atoms with E-state index >= 15 is 0 Å². The van der Waals surface area contributed by atoms with Gasteiger partial charge in [0.15, 0.2) is 0 Å². The van der Waals surface area contributed by atoms with Gasteiger partial charge in [-0.1, -0.05) is 22.0 Å².